The smallest absolute Gasteiger partial charge is 0.260 e. The van der Waals surface area contributed by atoms with Gasteiger partial charge in [0.05, 0.1) is 0 Å². The minimum absolute atomic E-state index is 0.0452. The number of carbonyl (C=O) groups is 2. The van der Waals surface area contributed by atoms with Crippen LogP contribution in [0.1, 0.15) is 22.1 Å². The predicted molar refractivity (Wildman–Crippen MR) is 57.3 cm³/mol. The maximum absolute atomic E-state index is 12.0. The molecule has 0 aliphatic carbocycles. The molecule has 4 heteroatoms. The molecule has 80 valence electrons. The minimum atomic E-state index is -0.277. The molecule has 2 heterocycles. The highest BCUT2D eigenvalue weighted by molar-refractivity contribution is 6.02. The van der Waals surface area contributed by atoms with Gasteiger partial charge in [0.15, 0.2) is 0 Å². The Hall–Kier alpha value is -2.10. The molecule has 0 bridgehead atoms. The molecular formula is C12H10N2O2. The van der Waals surface area contributed by atoms with Gasteiger partial charge >= 0.3 is 0 Å². The Bertz CT molecular complexity index is 522. The van der Waals surface area contributed by atoms with E-state index in [0.29, 0.717) is 5.56 Å². The summed E-state index contributed by atoms with van der Waals surface area (Å²) < 4.78 is 0. The second-order valence-electron chi connectivity index (χ2n) is 3.94. The average molecular weight is 214 g/mol. The topological polar surface area (TPSA) is 40.6 Å². The third kappa shape index (κ3) is 0.984. The van der Waals surface area contributed by atoms with Crippen molar-refractivity contribution in [3.8, 4) is 0 Å². The zero-order chi connectivity index (χ0) is 11.3. The van der Waals surface area contributed by atoms with E-state index in [-0.39, 0.29) is 18.0 Å². The van der Waals surface area contributed by atoms with Crippen molar-refractivity contribution < 1.29 is 9.59 Å². The molecule has 2 aliphatic heterocycles. The number of nitrogens with zero attached hydrogens (tertiary/aromatic N) is 2. The predicted octanol–water partition coefficient (Wildman–Crippen LogP) is 1.13. The van der Waals surface area contributed by atoms with Gasteiger partial charge in [-0.1, -0.05) is 18.2 Å². The number of amides is 2. The summed E-state index contributed by atoms with van der Waals surface area (Å²) in [5.41, 5.74) is 1.58. The lowest BCUT2D eigenvalue weighted by Gasteiger charge is -2.33. The maximum atomic E-state index is 12.0. The van der Waals surface area contributed by atoms with Gasteiger partial charge in [-0.3, -0.25) is 14.5 Å². The van der Waals surface area contributed by atoms with Gasteiger partial charge in [0.2, 0.25) is 5.91 Å². The van der Waals surface area contributed by atoms with E-state index < -0.39 is 0 Å². The second kappa shape index (κ2) is 2.95. The number of benzene rings is 1. The van der Waals surface area contributed by atoms with Gasteiger partial charge < -0.3 is 4.90 Å². The molecule has 1 aromatic rings. The first kappa shape index (κ1) is 9.15. The fourth-order valence-electron chi connectivity index (χ4n) is 2.24. The van der Waals surface area contributed by atoms with Crippen molar-refractivity contribution in [3.05, 3.63) is 47.7 Å². The van der Waals surface area contributed by atoms with Gasteiger partial charge in [0, 0.05) is 30.5 Å². The Morgan fingerprint density at radius 2 is 1.94 bits per heavy atom. The highest BCUT2D eigenvalue weighted by atomic mass is 16.2. The van der Waals surface area contributed by atoms with E-state index in [9.17, 15) is 9.59 Å². The molecule has 2 amide bonds. The first-order valence-corrected chi connectivity index (χ1v) is 5.07. The van der Waals surface area contributed by atoms with E-state index in [0.717, 1.165) is 5.56 Å². The molecule has 1 aromatic carbocycles. The van der Waals surface area contributed by atoms with Crippen LogP contribution in [0.2, 0.25) is 0 Å². The van der Waals surface area contributed by atoms with Crippen molar-refractivity contribution in [2.75, 3.05) is 7.05 Å². The van der Waals surface area contributed by atoms with Crippen LogP contribution >= 0.6 is 0 Å². The van der Waals surface area contributed by atoms with Gasteiger partial charge in [-0.05, 0) is 6.07 Å². The maximum Gasteiger partial charge on any atom is 0.260 e. The third-order valence-electron chi connectivity index (χ3n) is 3.06. The van der Waals surface area contributed by atoms with Crippen LogP contribution in [0.25, 0.3) is 0 Å². The lowest BCUT2D eigenvalue weighted by Crippen LogP contribution is -2.41. The molecule has 2 aliphatic rings. The van der Waals surface area contributed by atoms with Crippen LogP contribution in [0.4, 0.5) is 0 Å². The molecule has 0 spiro atoms. The molecule has 0 aromatic heterocycles. The SMILES string of the molecule is CN1C(=O)C=CN2C(=O)c3ccccc3[C@H]12. The van der Waals surface area contributed by atoms with Gasteiger partial charge in [-0.15, -0.1) is 0 Å². The largest absolute Gasteiger partial charge is 0.317 e. The minimum Gasteiger partial charge on any atom is -0.317 e. The van der Waals surface area contributed by atoms with Gasteiger partial charge in [-0.2, -0.15) is 0 Å². The first-order chi connectivity index (χ1) is 7.70. The number of hydrogen-bond donors (Lipinski definition) is 0. The van der Waals surface area contributed by atoms with Crippen LogP contribution in [0.5, 0.6) is 0 Å². The summed E-state index contributed by atoms with van der Waals surface area (Å²) in [6.07, 6.45) is 2.71. The van der Waals surface area contributed by atoms with E-state index in [1.54, 1.807) is 29.1 Å². The van der Waals surface area contributed by atoms with Crippen LogP contribution in [-0.2, 0) is 4.79 Å². The molecule has 0 N–H and O–H groups in total. The van der Waals surface area contributed by atoms with Crippen LogP contribution in [-0.4, -0.2) is 28.7 Å². The van der Waals surface area contributed by atoms with Crippen LogP contribution in [0, 0.1) is 0 Å². The van der Waals surface area contributed by atoms with Crippen molar-refractivity contribution >= 4 is 11.8 Å². The third-order valence-corrected chi connectivity index (χ3v) is 3.06. The lowest BCUT2D eigenvalue weighted by molar-refractivity contribution is -0.130. The van der Waals surface area contributed by atoms with E-state index in [4.69, 9.17) is 0 Å². The Balaban J connectivity index is 2.20. The molecule has 16 heavy (non-hydrogen) atoms. The summed E-state index contributed by atoms with van der Waals surface area (Å²) in [5, 5.41) is 0. The summed E-state index contributed by atoms with van der Waals surface area (Å²) in [7, 11) is 1.71. The van der Waals surface area contributed by atoms with E-state index >= 15 is 0 Å². The molecule has 0 unspecified atom stereocenters. The second-order valence-corrected chi connectivity index (χ2v) is 3.94. The Kier molecular flexibility index (Phi) is 1.68. The lowest BCUT2D eigenvalue weighted by atomic mass is 10.1. The van der Waals surface area contributed by atoms with Crippen molar-refractivity contribution in [1.29, 1.82) is 0 Å². The van der Waals surface area contributed by atoms with Gasteiger partial charge in [0.25, 0.3) is 5.91 Å². The molecule has 3 rings (SSSR count). The number of fused-ring (bicyclic) bond motifs is 3. The molecule has 0 saturated carbocycles. The highest BCUT2D eigenvalue weighted by Gasteiger charge is 2.40. The average Bonchev–Trinajstić information content (AvgIpc) is 2.59. The molecule has 0 saturated heterocycles. The Labute approximate surface area is 92.8 Å². The van der Waals surface area contributed by atoms with Gasteiger partial charge in [-0.25, -0.2) is 0 Å². The van der Waals surface area contributed by atoms with E-state index in [1.165, 1.54) is 6.08 Å². The zero-order valence-electron chi connectivity index (χ0n) is 8.75. The normalized spacial score (nSPS) is 22.4. The fraction of sp³-hybridized carbons (Fsp3) is 0.167. The highest BCUT2D eigenvalue weighted by Crippen LogP contribution is 2.37. The van der Waals surface area contributed by atoms with Gasteiger partial charge in [0.1, 0.15) is 6.17 Å². The number of hydrogen-bond acceptors (Lipinski definition) is 2. The van der Waals surface area contributed by atoms with Crippen molar-refractivity contribution in [3.63, 3.8) is 0 Å². The van der Waals surface area contributed by atoms with E-state index in [2.05, 4.69) is 0 Å². The number of rotatable bonds is 0. The van der Waals surface area contributed by atoms with Crippen LogP contribution < -0.4 is 0 Å². The van der Waals surface area contributed by atoms with Crippen molar-refractivity contribution in [2.24, 2.45) is 0 Å². The molecule has 0 radical (unpaired) electrons. The fourth-order valence-corrected chi connectivity index (χ4v) is 2.24. The molecule has 0 fully saturated rings. The molecule has 4 nitrogen and oxygen atoms in total. The van der Waals surface area contributed by atoms with Crippen molar-refractivity contribution in [2.45, 2.75) is 6.17 Å². The summed E-state index contributed by atoms with van der Waals surface area (Å²) in [5.74, 6) is -0.123. The number of carbonyl (C=O) groups excluding carboxylic acids is 2. The molecular weight excluding hydrogens is 204 g/mol. The quantitative estimate of drug-likeness (QED) is 0.649. The summed E-state index contributed by atoms with van der Waals surface area (Å²) >= 11 is 0. The molecule has 1 atom stereocenters. The standard InChI is InChI=1S/C12H10N2O2/c1-13-10(15)6-7-14-11(13)8-4-2-3-5-9(8)12(14)16/h2-7,11H,1H3/t11-/m1/s1. The summed E-state index contributed by atoms with van der Waals surface area (Å²) in [6, 6.07) is 7.40. The van der Waals surface area contributed by atoms with E-state index in [1.807, 2.05) is 18.2 Å². The summed E-state index contributed by atoms with van der Waals surface area (Å²) in [4.78, 5) is 26.7. The Morgan fingerprint density at radius 1 is 1.19 bits per heavy atom. The van der Waals surface area contributed by atoms with Crippen LogP contribution in [0.3, 0.4) is 0 Å². The zero-order valence-corrected chi connectivity index (χ0v) is 8.75. The first-order valence-electron chi connectivity index (χ1n) is 5.07. The monoisotopic (exact) mass is 214 g/mol. The Morgan fingerprint density at radius 3 is 2.75 bits per heavy atom. The summed E-state index contributed by atoms with van der Waals surface area (Å²) in [6.45, 7) is 0. The number of likely N-dealkylation sites (N-methyl/N-ethyl adjacent to an activating group) is 1. The van der Waals surface area contributed by atoms with Crippen LogP contribution in [0.15, 0.2) is 36.5 Å². The van der Waals surface area contributed by atoms with Crippen molar-refractivity contribution in [1.82, 2.24) is 9.80 Å².